The van der Waals surface area contributed by atoms with E-state index in [-0.39, 0.29) is 12.0 Å². The van der Waals surface area contributed by atoms with Crippen molar-refractivity contribution in [3.05, 3.63) is 39.4 Å². The van der Waals surface area contributed by atoms with Gasteiger partial charge in [-0.1, -0.05) is 6.07 Å². The molecule has 1 aliphatic rings. The van der Waals surface area contributed by atoms with Gasteiger partial charge in [-0.25, -0.2) is 0 Å². The normalized spacial score (nSPS) is 14.5. The van der Waals surface area contributed by atoms with Crippen LogP contribution in [0.2, 0.25) is 0 Å². The number of hydrogen-bond acceptors (Lipinski definition) is 6. The van der Waals surface area contributed by atoms with Crippen molar-refractivity contribution in [3.8, 4) is 0 Å². The summed E-state index contributed by atoms with van der Waals surface area (Å²) in [5.41, 5.74) is 3.94. The van der Waals surface area contributed by atoms with E-state index >= 15 is 0 Å². The molecule has 0 aromatic heterocycles. The van der Waals surface area contributed by atoms with Gasteiger partial charge >= 0.3 is 5.97 Å². The molecule has 0 aliphatic carbocycles. The standard InChI is InChI=1S/C13H11N3O7/c14-11(19)8(4-5-9(17)18)15-12(20)6-2-1-3-7(16(22)23)10(6)13(15)21/h1-3,8H,4-5H2,(H2,14,19)(H,17,18). The van der Waals surface area contributed by atoms with Gasteiger partial charge in [0.25, 0.3) is 17.5 Å². The van der Waals surface area contributed by atoms with Gasteiger partial charge < -0.3 is 10.8 Å². The van der Waals surface area contributed by atoms with Crippen molar-refractivity contribution < 1.29 is 29.2 Å². The van der Waals surface area contributed by atoms with Crippen LogP contribution in [0.15, 0.2) is 18.2 Å². The van der Waals surface area contributed by atoms with Crippen LogP contribution in [0.3, 0.4) is 0 Å². The Labute approximate surface area is 128 Å². The van der Waals surface area contributed by atoms with E-state index in [4.69, 9.17) is 10.8 Å². The Balaban J connectivity index is 2.46. The van der Waals surface area contributed by atoms with Crippen LogP contribution in [-0.2, 0) is 9.59 Å². The van der Waals surface area contributed by atoms with E-state index in [1.807, 2.05) is 0 Å². The summed E-state index contributed by atoms with van der Waals surface area (Å²) in [6, 6.07) is 2.03. The molecular formula is C13H11N3O7. The number of fused-ring (bicyclic) bond motifs is 1. The zero-order valence-corrected chi connectivity index (χ0v) is 11.6. The van der Waals surface area contributed by atoms with E-state index in [0.29, 0.717) is 4.90 Å². The maximum absolute atomic E-state index is 12.4. The fraction of sp³-hybridized carbons (Fsp3) is 0.231. The minimum Gasteiger partial charge on any atom is -0.481 e. The van der Waals surface area contributed by atoms with Crippen molar-refractivity contribution >= 4 is 29.4 Å². The maximum Gasteiger partial charge on any atom is 0.303 e. The molecule has 1 unspecified atom stereocenters. The van der Waals surface area contributed by atoms with E-state index in [0.717, 1.165) is 6.07 Å². The number of nitrogens with two attached hydrogens (primary N) is 1. The number of imide groups is 1. The van der Waals surface area contributed by atoms with E-state index in [9.17, 15) is 29.3 Å². The molecule has 0 saturated carbocycles. The van der Waals surface area contributed by atoms with Crippen molar-refractivity contribution in [2.24, 2.45) is 5.73 Å². The lowest BCUT2D eigenvalue weighted by molar-refractivity contribution is -0.385. The smallest absolute Gasteiger partial charge is 0.303 e. The Bertz CT molecular complexity index is 743. The summed E-state index contributed by atoms with van der Waals surface area (Å²) in [5, 5.41) is 19.7. The number of carbonyl (C=O) groups is 4. The second-order valence-electron chi connectivity index (χ2n) is 4.79. The van der Waals surface area contributed by atoms with E-state index in [2.05, 4.69) is 0 Å². The van der Waals surface area contributed by atoms with Crippen LogP contribution in [0.25, 0.3) is 0 Å². The van der Waals surface area contributed by atoms with Crippen molar-refractivity contribution in [1.82, 2.24) is 4.90 Å². The molecule has 1 heterocycles. The number of aliphatic carboxylic acids is 1. The molecule has 120 valence electrons. The SMILES string of the molecule is NC(=O)C(CCC(=O)O)N1C(=O)c2cccc([N+](=O)[O-])c2C1=O. The third kappa shape index (κ3) is 2.73. The third-order valence-electron chi connectivity index (χ3n) is 3.39. The average molecular weight is 321 g/mol. The molecule has 0 saturated heterocycles. The average Bonchev–Trinajstić information content (AvgIpc) is 2.72. The van der Waals surface area contributed by atoms with Gasteiger partial charge in [0.2, 0.25) is 5.91 Å². The van der Waals surface area contributed by atoms with Gasteiger partial charge in [0, 0.05) is 12.5 Å². The first-order chi connectivity index (χ1) is 10.8. The summed E-state index contributed by atoms with van der Waals surface area (Å²) in [5.74, 6) is -4.25. The van der Waals surface area contributed by atoms with Crippen molar-refractivity contribution in [2.75, 3.05) is 0 Å². The molecule has 0 fully saturated rings. The molecule has 2 rings (SSSR count). The molecular weight excluding hydrogens is 310 g/mol. The minimum absolute atomic E-state index is 0.217. The van der Waals surface area contributed by atoms with Crippen LogP contribution < -0.4 is 5.73 Å². The van der Waals surface area contributed by atoms with Crippen LogP contribution in [0.1, 0.15) is 33.6 Å². The highest BCUT2D eigenvalue weighted by molar-refractivity contribution is 6.24. The number of carboxylic acid groups (broad SMARTS) is 1. The number of nitro benzene ring substituents is 1. The third-order valence-corrected chi connectivity index (χ3v) is 3.39. The quantitative estimate of drug-likeness (QED) is 0.420. The number of hydrogen-bond donors (Lipinski definition) is 2. The van der Waals surface area contributed by atoms with Crippen LogP contribution in [0, 0.1) is 10.1 Å². The Morgan fingerprint density at radius 1 is 1.30 bits per heavy atom. The second kappa shape index (κ2) is 5.83. The Morgan fingerprint density at radius 3 is 2.48 bits per heavy atom. The zero-order chi connectivity index (χ0) is 17.3. The van der Waals surface area contributed by atoms with Crippen LogP contribution in [0.4, 0.5) is 5.69 Å². The monoisotopic (exact) mass is 321 g/mol. The van der Waals surface area contributed by atoms with Crippen molar-refractivity contribution in [1.29, 1.82) is 0 Å². The number of primary amides is 1. The number of amides is 3. The fourth-order valence-corrected chi connectivity index (χ4v) is 2.38. The molecule has 3 amide bonds. The largest absolute Gasteiger partial charge is 0.481 e. The van der Waals surface area contributed by atoms with Gasteiger partial charge in [-0.2, -0.15) is 0 Å². The van der Waals surface area contributed by atoms with Gasteiger partial charge in [-0.05, 0) is 12.5 Å². The van der Waals surface area contributed by atoms with Crippen LogP contribution in [-0.4, -0.2) is 44.7 Å². The Morgan fingerprint density at radius 2 is 1.96 bits per heavy atom. The first-order valence-electron chi connectivity index (χ1n) is 6.42. The van der Waals surface area contributed by atoms with Gasteiger partial charge in [0.15, 0.2) is 0 Å². The van der Waals surface area contributed by atoms with E-state index < -0.39 is 52.3 Å². The zero-order valence-electron chi connectivity index (χ0n) is 11.6. The Hall–Kier alpha value is -3.30. The lowest BCUT2D eigenvalue weighted by Crippen LogP contribution is -2.48. The van der Waals surface area contributed by atoms with Crippen molar-refractivity contribution in [3.63, 3.8) is 0 Å². The number of carbonyl (C=O) groups excluding carboxylic acids is 3. The van der Waals surface area contributed by atoms with E-state index in [1.54, 1.807) is 0 Å². The van der Waals surface area contributed by atoms with Crippen LogP contribution >= 0.6 is 0 Å². The van der Waals surface area contributed by atoms with Gasteiger partial charge in [0.05, 0.1) is 10.5 Å². The Kier molecular flexibility index (Phi) is 4.08. The summed E-state index contributed by atoms with van der Waals surface area (Å²) in [6.45, 7) is 0. The molecule has 1 aliphatic heterocycles. The molecule has 23 heavy (non-hydrogen) atoms. The molecule has 0 radical (unpaired) electrons. The molecule has 1 aromatic carbocycles. The van der Waals surface area contributed by atoms with E-state index in [1.165, 1.54) is 12.1 Å². The highest BCUT2D eigenvalue weighted by Crippen LogP contribution is 2.32. The molecule has 0 spiro atoms. The fourth-order valence-electron chi connectivity index (χ4n) is 2.38. The first kappa shape index (κ1) is 16.1. The molecule has 0 bridgehead atoms. The van der Waals surface area contributed by atoms with Gasteiger partial charge in [-0.3, -0.25) is 34.2 Å². The summed E-state index contributed by atoms with van der Waals surface area (Å²) in [7, 11) is 0. The molecule has 10 nitrogen and oxygen atoms in total. The highest BCUT2D eigenvalue weighted by atomic mass is 16.6. The minimum atomic E-state index is -1.49. The lowest BCUT2D eigenvalue weighted by Gasteiger charge is -2.22. The summed E-state index contributed by atoms with van der Waals surface area (Å²) >= 11 is 0. The predicted molar refractivity (Wildman–Crippen MR) is 73.4 cm³/mol. The summed E-state index contributed by atoms with van der Waals surface area (Å²) in [4.78, 5) is 57.5. The number of nitrogens with zero attached hydrogens (tertiary/aromatic N) is 2. The first-order valence-corrected chi connectivity index (χ1v) is 6.42. The summed E-state index contributed by atoms with van der Waals surface area (Å²) in [6.07, 6.45) is -0.868. The van der Waals surface area contributed by atoms with Gasteiger partial charge in [-0.15, -0.1) is 0 Å². The van der Waals surface area contributed by atoms with Crippen molar-refractivity contribution in [2.45, 2.75) is 18.9 Å². The molecule has 1 aromatic rings. The number of carboxylic acids is 1. The van der Waals surface area contributed by atoms with Crippen LogP contribution in [0.5, 0.6) is 0 Å². The topological polar surface area (TPSA) is 161 Å². The predicted octanol–water partition coefficient (Wildman–Crippen LogP) is -0.0905. The second-order valence-corrected chi connectivity index (χ2v) is 4.79. The van der Waals surface area contributed by atoms with Gasteiger partial charge in [0.1, 0.15) is 11.6 Å². The summed E-state index contributed by atoms with van der Waals surface area (Å²) < 4.78 is 0. The number of benzene rings is 1. The lowest BCUT2D eigenvalue weighted by atomic mass is 10.1. The molecule has 10 heteroatoms. The highest BCUT2D eigenvalue weighted by Gasteiger charge is 2.45. The number of nitro groups is 1. The molecule has 3 N–H and O–H groups in total. The number of rotatable bonds is 6. The maximum atomic E-state index is 12.4. The molecule has 1 atom stereocenters.